The molecule has 1 aromatic rings. The highest BCUT2D eigenvalue weighted by atomic mass is 35.5. The minimum Gasteiger partial charge on any atom is -0.507 e. The van der Waals surface area contributed by atoms with Crippen molar-refractivity contribution in [2.75, 3.05) is 13.7 Å². The third-order valence-corrected chi connectivity index (χ3v) is 2.15. The van der Waals surface area contributed by atoms with Crippen molar-refractivity contribution in [2.45, 2.75) is 19.4 Å². The van der Waals surface area contributed by atoms with Crippen molar-refractivity contribution in [3.63, 3.8) is 0 Å². The van der Waals surface area contributed by atoms with Crippen LogP contribution in [0.2, 0.25) is 0 Å². The van der Waals surface area contributed by atoms with Crippen molar-refractivity contribution in [1.82, 2.24) is 5.32 Å². The molecule has 1 rings (SSSR count). The summed E-state index contributed by atoms with van der Waals surface area (Å²) >= 11 is 0. The van der Waals surface area contributed by atoms with Gasteiger partial charge in [-0.05, 0) is 32.0 Å². The molecule has 0 saturated heterocycles. The number of halogens is 1. The van der Waals surface area contributed by atoms with Gasteiger partial charge < -0.3 is 20.9 Å². The molecule has 0 radical (unpaired) electrons. The van der Waals surface area contributed by atoms with E-state index < -0.39 is 5.54 Å². The van der Waals surface area contributed by atoms with Crippen molar-refractivity contribution >= 4 is 18.3 Å². The number of carbonyl (C=O) groups is 1. The number of methoxy groups -OCH3 is 1. The minimum absolute atomic E-state index is 0. The fraction of sp³-hybridized carbons (Fsp3) is 0.417. The second-order valence-electron chi connectivity index (χ2n) is 4.55. The van der Waals surface area contributed by atoms with E-state index in [1.165, 1.54) is 19.2 Å². The predicted molar refractivity (Wildman–Crippen MR) is 72.5 cm³/mol. The first-order valence-corrected chi connectivity index (χ1v) is 5.27. The van der Waals surface area contributed by atoms with Crippen LogP contribution in [0.1, 0.15) is 24.2 Å². The Hall–Kier alpha value is -1.46. The molecule has 0 aliphatic rings. The summed E-state index contributed by atoms with van der Waals surface area (Å²) in [6, 6.07) is 4.48. The molecule has 0 unspecified atom stereocenters. The minimum atomic E-state index is -0.496. The first kappa shape index (κ1) is 16.5. The van der Waals surface area contributed by atoms with Crippen LogP contribution in [0.4, 0.5) is 0 Å². The van der Waals surface area contributed by atoms with Crippen LogP contribution in [0.15, 0.2) is 18.2 Å². The largest absolute Gasteiger partial charge is 0.507 e. The van der Waals surface area contributed by atoms with Crippen molar-refractivity contribution in [1.29, 1.82) is 0 Å². The standard InChI is InChI=1S/C12H18N2O3.ClH/c1-12(2,13)7-14-11(16)9-6-8(17-3)4-5-10(9)15;/h4-6,15H,7,13H2,1-3H3,(H,14,16);1H. The first-order chi connectivity index (χ1) is 7.83. The molecule has 0 bridgehead atoms. The van der Waals surface area contributed by atoms with Gasteiger partial charge in [-0.15, -0.1) is 12.4 Å². The second-order valence-corrected chi connectivity index (χ2v) is 4.55. The van der Waals surface area contributed by atoms with E-state index in [0.717, 1.165) is 0 Å². The monoisotopic (exact) mass is 274 g/mol. The summed E-state index contributed by atoms with van der Waals surface area (Å²) < 4.78 is 4.99. The van der Waals surface area contributed by atoms with Crippen LogP contribution in [0.3, 0.4) is 0 Å². The molecule has 0 aliphatic heterocycles. The molecule has 1 amide bonds. The van der Waals surface area contributed by atoms with E-state index in [2.05, 4.69) is 5.32 Å². The van der Waals surface area contributed by atoms with E-state index in [0.29, 0.717) is 12.3 Å². The van der Waals surface area contributed by atoms with Gasteiger partial charge in [-0.2, -0.15) is 0 Å². The molecule has 6 heteroatoms. The summed E-state index contributed by atoms with van der Waals surface area (Å²) in [6.07, 6.45) is 0. The number of carbonyl (C=O) groups excluding carboxylic acids is 1. The number of hydrogen-bond acceptors (Lipinski definition) is 4. The molecule has 4 N–H and O–H groups in total. The summed E-state index contributed by atoms with van der Waals surface area (Å²) in [7, 11) is 1.50. The van der Waals surface area contributed by atoms with Crippen LogP contribution in [0, 0.1) is 0 Å². The van der Waals surface area contributed by atoms with Gasteiger partial charge in [-0.1, -0.05) is 0 Å². The van der Waals surface area contributed by atoms with Gasteiger partial charge >= 0.3 is 0 Å². The van der Waals surface area contributed by atoms with Crippen LogP contribution >= 0.6 is 12.4 Å². The van der Waals surface area contributed by atoms with Gasteiger partial charge in [-0.3, -0.25) is 4.79 Å². The molecule has 0 atom stereocenters. The molecule has 0 saturated carbocycles. The van der Waals surface area contributed by atoms with Crippen LogP contribution in [0.5, 0.6) is 11.5 Å². The molecular weight excluding hydrogens is 256 g/mol. The Balaban J connectivity index is 0.00000289. The number of phenolic OH excluding ortho intramolecular Hbond substituents is 1. The number of amides is 1. The lowest BCUT2D eigenvalue weighted by atomic mass is 10.1. The molecule has 18 heavy (non-hydrogen) atoms. The highest BCUT2D eigenvalue weighted by Gasteiger charge is 2.16. The third-order valence-electron chi connectivity index (χ3n) is 2.15. The van der Waals surface area contributed by atoms with E-state index in [1.807, 2.05) is 0 Å². The lowest BCUT2D eigenvalue weighted by molar-refractivity contribution is 0.0943. The molecule has 5 nitrogen and oxygen atoms in total. The Morgan fingerprint density at radius 2 is 2.11 bits per heavy atom. The maximum atomic E-state index is 11.8. The van der Waals surface area contributed by atoms with Gasteiger partial charge in [0.2, 0.25) is 0 Å². The number of aromatic hydroxyl groups is 1. The quantitative estimate of drug-likeness (QED) is 0.772. The third kappa shape index (κ3) is 4.81. The van der Waals surface area contributed by atoms with Gasteiger partial charge in [0.05, 0.1) is 12.7 Å². The van der Waals surface area contributed by atoms with E-state index in [-0.39, 0.29) is 29.6 Å². The van der Waals surface area contributed by atoms with E-state index in [4.69, 9.17) is 10.5 Å². The Bertz CT molecular complexity index is 416. The van der Waals surface area contributed by atoms with Crippen LogP contribution in [-0.2, 0) is 0 Å². The van der Waals surface area contributed by atoms with Crippen molar-refractivity contribution < 1.29 is 14.6 Å². The fourth-order valence-corrected chi connectivity index (χ4v) is 1.23. The smallest absolute Gasteiger partial charge is 0.255 e. The number of nitrogens with two attached hydrogens (primary N) is 1. The summed E-state index contributed by atoms with van der Waals surface area (Å²) in [6.45, 7) is 3.93. The maximum absolute atomic E-state index is 11.8. The summed E-state index contributed by atoms with van der Waals surface area (Å²) in [5.41, 5.74) is 5.43. The van der Waals surface area contributed by atoms with Gasteiger partial charge in [0.15, 0.2) is 0 Å². The van der Waals surface area contributed by atoms with Gasteiger partial charge in [-0.25, -0.2) is 0 Å². The number of ether oxygens (including phenoxy) is 1. The van der Waals surface area contributed by atoms with Crippen LogP contribution in [-0.4, -0.2) is 30.2 Å². The summed E-state index contributed by atoms with van der Waals surface area (Å²) in [5, 5.41) is 12.2. The van der Waals surface area contributed by atoms with E-state index in [1.54, 1.807) is 19.9 Å². The van der Waals surface area contributed by atoms with Gasteiger partial charge in [0, 0.05) is 12.1 Å². The molecule has 0 aliphatic carbocycles. The predicted octanol–water partition coefficient (Wildman–Crippen LogP) is 1.29. The number of nitrogens with one attached hydrogen (secondary N) is 1. The Morgan fingerprint density at radius 1 is 1.50 bits per heavy atom. The van der Waals surface area contributed by atoms with Gasteiger partial charge in [0.25, 0.3) is 5.91 Å². The SMILES string of the molecule is COc1ccc(O)c(C(=O)NCC(C)(C)N)c1.Cl. The topological polar surface area (TPSA) is 84.6 Å². The first-order valence-electron chi connectivity index (χ1n) is 5.27. The molecule has 0 spiro atoms. The van der Waals surface area contributed by atoms with E-state index >= 15 is 0 Å². The van der Waals surface area contributed by atoms with Crippen molar-refractivity contribution in [3.05, 3.63) is 23.8 Å². The van der Waals surface area contributed by atoms with E-state index in [9.17, 15) is 9.90 Å². The zero-order valence-electron chi connectivity index (χ0n) is 10.7. The van der Waals surface area contributed by atoms with Gasteiger partial charge in [0.1, 0.15) is 11.5 Å². The number of rotatable bonds is 4. The Kier molecular flexibility index (Phi) is 5.94. The molecule has 102 valence electrons. The van der Waals surface area contributed by atoms with Crippen LogP contribution in [0.25, 0.3) is 0 Å². The zero-order chi connectivity index (χ0) is 13.1. The number of hydrogen-bond donors (Lipinski definition) is 3. The molecule has 0 aromatic heterocycles. The normalized spacial score (nSPS) is 10.4. The number of phenols is 1. The van der Waals surface area contributed by atoms with Crippen LogP contribution < -0.4 is 15.8 Å². The lowest BCUT2D eigenvalue weighted by Crippen LogP contribution is -2.45. The fourth-order valence-electron chi connectivity index (χ4n) is 1.23. The maximum Gasteiger partial charge on any atom is 0.255 e. The highest BCUT2D eigenvalue weighted by Crippen LogP contribution is 2.22. The van der Waals surface area contributed by atoms with Crippen molar-refractivity contribution in [2.24, 2.45) is 5.73 Å². The molecular formula is C12H19ClN2O3. The molecule has 0 fully saturated rings. The molecule has 1 aromatic carbocycles. The lowest BCUT2D eigenvalue weighted by Gasteiger charge is -2.19. The molecule has 0 heterocycles. The highest BCUT2D eigenvalue weighted by molar-refractivity contribution is 5.97. The van der Waals surface area contributed by atoms with Crippen molar-refractivity contribution in [3.8, 4) is 11.5 Å². The Labute approximate surface area is 113 Å². The summed E-state index contributed by atoms with van der Waals surface area (Å²) in [5.74, 6) is 0.0537. The average molecular weight is 275 g/mol. The Morgan fingerprint density at radius 3 is 2.61 bits per heavy atom. The second kappa shape index (κ2) is 6.47. The average Bonchev–Trinajstić information content (AvgIpc) is 2.25. The zero-order valence-corrected chi connectivity index (χ0v) is 11.5. The summed E-state index contributed by atoms with van der Waals surface area (Å²) in [4.78, 5) is 11.8. The number of benzene rings is 1.